The van der Waals surface area contributed by atoms with Gasteiger partial charge < -0.3 is 5.11 Å². The van der Waals surface area contributed by atoms with Crippen molar-refractivity contribution in [2.45, 2.75) is 32.1 Å². The molecule has 0 aliphatic heterocycles. The van der Waals surface area contributed by atoms with Crippen molar-refractivity contribution in [3.8, 4) is 0 Å². The van der Waals surface area contributed by atoms with Gasteiger partial charge >= 0.3 is 0 Å². The van der Waals surface area contributed by atoms with Gasteiger partial charge in [-0.25, -0.2) is 0 Å². The van der Waals surface area contributed by atoms with Crippen LogP contribution in [-0.2, 0) is 5.41 Å². The van der Waals surface area contributed by atoms with Crippen LogP contribution in [0, 0.1) is 5.41 Å². The highest BCUT2D eigenvalue weighted by atomic mass is 32.1. The van der Waals surface area contributed by atoms with Gasteiger partial charge in [0.2, 0.25) is 0 Å². The van der Waals surface area contributed by atoms with Crippen molar-refractivity contribution in [1.29, 1.82) is 0 Å². The lowest BCUT2D eigenvalue weighted by Gasteiger charge is -2.52. The monoisotopic (exact) mass is 196 g/mol. The molecule has 2 rings (SSSR count). The lowest BCUT2D eigenvalue weighted by molar-refractivity contribution is 0.0120. The Kier molecular flexibility index (Phi) is 2.00. The Balaban J connectivity index is 2.21. The van der Waals surface area contributed by atoms with Gasteiger partial charge in [0.15, 0.2) is 0 Å². The van der Waals surface area contributed by atoms with E-state index >= 15 is 0 Å². The molecule has 2 heteroatoms. The molecule has 0 amide bonds. The Hall–Kier alpha value is -0.340. The van der Waals surface area contributed by atoms with Crippen LogP contribution < -0.4 is 0 Å². The second-order valence-electron chi connectivity index (χ2n) is 4.93. The molecule has 1 nitrogen and oxygen atoms in total. The van der Waals surface area contributed by atoms with Crippen molar-refractivity contribution in [2.75, 3.05) is 6.61 Å². The summed E-state index contributed by atoms with van der Waals surface area (Å²) >= 11 is 1.77. The molecule has 1 fully saturated rings. The molecule has 1 aromatic rings. The fourth-order valence-electron chi connectivity index (χ4n) is 2.72. The first kappa shape index (κ1) is 9.22. The summed E-state index contributed by atoms with van der Waals surface area (Å²) in [7, 11) is 0. The minimum Gasteiger partial charge on any atom is -0.395 e. The molecule has 1 saturated carbocycles. The number of rotatable bonds is 2. The molecule has 0 saturated heterocycles. The molecule has 0 atom stereocenters. The predicted molar refractivity (Wildman–Crippen MR) is 56.1 cm³/mol. The van der Waals surface area contributed by atoms with Gasteiger partial charge in [-0.2, -0.15) is 0 Å². The number of aliphatic hydroxyl groups excluding tert-OH is 1. The third-order valence-electron chi connectivity index (χ3n) is 2.98. The maximum atomic E-state index is 9.45. The molecule has 1 aliphatic carbocycles. The van der Waals surface area contributed by atoms with Crippen LogP contribution in [-0.4, -0.2) is 11.7 Å². The summed E-state index contributed by atoms with van der Waals surface area (Å²) in [5.74, 6) is 0. The molecule has 0 radical (unpaired) electrons. The van der Waals surface area contributed by atoms with E-state index in [-0.39, 0.29) is 5.41 Å². The van der Waals surface area contributed by atoms with E-state index in [0.717, 1.165) is 12.8 Å². The van der Waals surface area contributed by atoms with Crippen LogP contribution in [0.4, 0.5) is 0 Å². The van der Waals surface area contributed by atoms with Crippen LogP contribution in [0.2, 0.25) is 0 Å². The van der Waals surface area contributed by atoms with Crippen LogP contribution in [0.3, 0.4) is 0 Å². The quantitative estimate of drug-likeness (QED) is 0.771. The lowest BCUT2D eigenvalue weighted by Crippen LogP contribution is -2.48. The van der Waals surface area contributed by atoms with Gasteiger partial charge in [0.25, 0.3) is 0 Å². The smallest absolute Gasteiger partial charge is 0.0536 e. The number of hydrogen-bond acceptors (Lipinski definition) is 2. The molecular formula is C11H16OS. The van der Waals surface area contributed by atoms with Crippen molar-refractivity contribution in [3.05, 3.63) is 22.4 Å². The zero-order valence-electron chi connectivity index (χ0n) is 8.21. The molecule has 1 heterocycles. The Morgan fingerprint density at radius 3 is 2.54 bits per heavy atom. The first-order valence-corrected chi connectivity index (χ1v) is 5.61. The van der Waals surface area contributed by atoms with Crippen LogP contribution in [0.1, 0.15) is 31.6 Å². The molecule has 1 N–H and O–H groups in total. The van der Waals surface area contributed by atoms with Crippen molar-refractivity contribution in [1.82, 2.24) is 0 Å². The summed E-state index contributed by atoms with van der Waals surface area (Å²) in [6, 6.07) is 4.22. The van der Waals surface area contributed by atoms with E-state index in [1.165, 1.54) is 4.88 Å². The fraction of sp³-hybridized carbons (Fsp3) is 0.636. The maximum absolute atomic E-state index is 9.45. The van der Waals surface area contributed by atoms with Crippen molar-refractivity contribution in [2.24, 2.45) is 5.41 Å². The average molecular weight is 196 g/mol. The third-order valence-corrected chi connectivity index (χ3v) is 4.10. The zero-order chi connectivity index (χ0) is 9.53. The highest BCUT2D eigenvalue weighted by molar-refractivity contribution is 7.10. The summed E-state index contributed by atoms with van der Waals surface area (Å²) in [6.45, 7) is 4.85. The second-order valence-corrected chi connectivity index (χ2v) is 5.88. The molecule has 13 heavy (non-hydrogen) atoms. The van der Waals surface area contributed by atoms with Gasteiger partial charge in [-0.15, -0.1) is 11.3 Å². The second kappa shape index (κ2) is 2.82. The summed E-state index contributed by atoms with van der Waals surface area (Å²) < 4.78 is 0. The van der Waals surface area contributed by atoms with E-state index < -0.39 is 0 Å². The van der Waals surface area contributed by atoms with E-state index in [2.05, 4.69) is 31.4 Å². The molecule has 72 valence electrons. The largest absolute Gasteiger partial charge is 0.395 e. The van der Waals surface area contributed by atoms with Crippen LogP contribution in [0.5, 0.6) is 0 Å². The van der Waals surface area contributed by atoms with E-state index in [1.807, 2.05) is 0 Å². The fourth-order valence-corrected chi connectivity index (χ4v) is 3.64. The number of aliphatic hydroxyl groups is 1. The van der Waals surface area contributed by atoms with Crippen LogP contribution in [0.15, 0.2) is 17.5 Å². The van der Waals surface area contributed by atoms with Crippen LogP contribution in [0.25, 0.3) is 0 Å². The zero-order valence-corrected chi connectivity index (χ0v) is 9.03. The molecule has 1 aliphatic rings. The van der Waals surface area contributed by atoms with E-state index in [1.54, 1.807) is 11.3 Å². The van der Waals surface area contributed by atoms with Gasteiger partial charge in [-0.3, -0.25) is 0 Å². The Morgan fingerprint density at radius 2 is 2.15 bits per heavy atom. The summed E-state index contributed by atoms with van der Waals surface area (Å²) in [5.41, 5.74) is 0.518. The van der Waals surface area contributed by atoms with Gasteiger partial charge in [0.05, 0.1) is 6.61 Å². The molecular weight excluding hydrogens is 180 g/mol. The first-order chi connectivity index (χ1) is 6.08. The predicted octanol–water partition coefficient (Wildman–Crippen LogP) is 2.80. The molecule has 1 aromatic heterocycles. The molecule has 0 bridgehead atoms. The summed E-state index contributed by atoms with van der Waals surface area (Å²) in [5, 5.41) is 11.5. The number of thiophene rings is 1. The van der Waals surface area contributed by atoms with E-state index in [9.17, 15) is 5.11 Å². The van der Waals surface area contributed by atoms with Gasteiger partial charge in [-0.05, 0) is 29.7 Å². The van der Waals surface area contributed by atoms with Crippen molar-refractivity contribution >= 4 is 11.3 Å². The van der Waals surface area contributed by atoms with Gasteiger partial charge in [-0.1, -0.05) is 19.9 Å². The standard InChI is InChI=1S/C11H16OS/c1-10(2)6-11(7-10,8-12)9-4-3-5-13-9/h3-5,12H,6-8H2,1-2H3. The Labute approximate surface area is 83.4 Å². The van der Waals surface area contributed by atoms with Gasteiger partial charge in [0.1, 0.15) is 0 Å². The van der Waals surface area contributed by atoms with Gasteiger partial charge in [0, 0.05) is 10.3 Å². The summed E-state index contributed by atoms with van der Waals surface area (Å²) in [4.78, 5) is 1.36. The Bertz CT molecular complexity index is 279. The van der Waals surface area contributed by atoms with E-state index in [0.29, 0.717) is 12.0 Å². The van der Waals surface area contributed by atoms with Crippen LogP contribution >= 0.6 is 11.3 Å². The normalized spacial score (nSPS) is 23.9. The number of hydrogen-bond donors (Lipinski definition) is 1. The minimum absolute atomic E-state index is 0.0949. The third kappa shape index (κ3) is 1.42. The molecule has 0 aromatic carbocycles. The topological polar surface area (TPSA) is 20.2 Å². The minimum atomic E-state index is 0.0949. The highest BCUT2D eigenvalue weighted by Crippen LogP contribution is 2.55. The molecule has 0 unspecified atom stereocenters. The average Bonchev–Trinajstić information content (AvgIpc) is 2.51. The lowest BCUT2D eigenvalue weighted by atomic mass is 9.54. The summed E-state index contributed by atoms with van der Waals surface area (Å²) in [6.07, 6.45) is 2.24. The van der Waals surface area contributed by atoms with Crippen molar-refractivity contribution < 1.29 is 5.11 Å². The van der Waals surface area contributed by atoms with Crippen molar-refractivity contribution in [3.63, 3.8) is 0 Å². The SMILES string of the molecule is CC1(C)CC(CO)(c2cccs2)C1. The maximum Gasteiger partial charge on any atom is 0.0536 e. The highest BCUT2D eigenvalue weighted by Gasteiger charge is 2.50. The van der Waals surface area contributed by atoms with E-state index in [4.69, 9.17) is 0 Å². The molecule has 0 spiro atoms. The Morgan fingerprint density at radius 1 is 1.46 bits per heavy atom. The first-order valence-electron chi connectivity index (χ1n) is 4.73.